The van der Waals surface area contributed by atoms with Crippen LogP contribution in [0.4, 0.5) is 14.6 Å². The van der Waals surface area contributed by atoms with Gasteiger partial charge in [0, 0.05) is 41.8 Å². The van der Waals surface area contributed by atoms with Gasteiger partial charge in [-0.25, -0.2) is 15.4 Å². The minimum Gasteiger partial charge on any atom is -0.461 e. The first-order valence-electron chi connectivity index (χ1n) is 15.4. The summed E-state index contributed by atoms with van der Waals surface area (Å²) >= 11 is 6.59. The fourth-order valence-corrected chi connectivity index (χ4v) is 7.68. The number of amides is 1. The fourth-order valence-electron chi connectivity index (χ4n) is 7.40. The second-order valence-electron chi connectivity index (χ2n) is 12.2. The van der Waals surface area contributed by atoms with Crippen molar-refractivity contribution in [3.05, 3.63) is 77.3 Å². The summed E-state index contributed by atoms with van der Waals surface area (Å²) in [5.74, 6) is -2.18. The molecular formula is C34H32ClF2N7O2. The first-order valence-corrected chi connectivity index (χ1v) is 15.8. The lowest BCUT2D eigenvalue weighted by Crippen LogP contribution is -2.56. The molecule has 12 heteroatoms. The molecule has 5 heterocycles. The van der Waals surface area contributed by atoms with E-state index < -0.39 is 23.6 Å². The Bertz CT molecular complexity index is 1900. The van der Waals surface area contributed by atoms with Gasteiger partial charge in [-0.3, -0.25) is 14.7 Å². The highest BCUT2D eigenvalue weighted by molar-refractivity contribution is 6.36. The van der Waals surface area contributed by atoms with Crippen LogP contribution >= 0.6 is 11.6 Å². The molecule has 0 spiro atoms. The maximum atomic E-state index is 16.7. The molecule has 7 rings (SSSR count). The monoisotopic (exact) mass is 643 g/mol. The van der Waals surface area contributed by atoms with Gasteiger partial charge in [-0.05, 0) is 50.2 Å². The van der Waals surface area contributed by atoms with Crippen molar-refractivity contribution in [3.8, 4) is 17.3 Å². The van der Waals surface area contributed by atoms with E-state index in [0.717, 1.165) is 44.2 Å². The Kier molecular flexibility index (Phi) is 7.95. The molecule has 236 valence electrons. The summed E-state index contributed by atoms with van der Waals surface area (Å²) in [4.78, 5) is 35.6. The van der Waals surface area contributed by atoms with E-state index in [9.17, 15) is 9.18 Å². The van der Waals surface area contributed by atoms with Crippen molar-refractivity contribution >= 4 is 45.0 Å². The summed E-state index contributed by atoms with van der Waals surface area (Å²) in [6.45, 7) is 13.6. The highest BCUT2D eigenvalue weighted by atomic mass is 35.5. The molecule has 2 aromatic carbocycles. The number of nitrogens with zero attached hydrogens (tertiary/aromatic N) is 7. The zero-order valence-electron chi connectivity index (χ0n) is 25.2. The highest BCUT2D eigenvalue weighted by Crippen LogP contribution is 2.40. The molecule has 1 atom stereocenters. The van der Waals surface area contributed by atoms with Gasteiger partial charge in [0.1, 0.15) is 29.7 Å². The van der Waals surface area contributed by atoms with E-state index >= 15 is 4.39 Å². The number of anilines is 1. The molecule has 3 aliphatic heterocycles. The van der Waals surface area contributed by atoms with Crippen molar-refractivity contribution in [1.29, 1.82) is 0 Å². The summed E-state index contributed by atoms with van der Waals surface area (Å²) in [6, 6.07) is 10.4. The molecule has 3 aliphatic rings. The van der Waals surface area contributed by atoms with Crippen LogP contribution in [0.3, 0.4) is 0 Å². The van der Waals surface area contributed by atoms with Crippen LogP contribution in [-0.2, 0) is 4.79 Å². The van der Waals surface area contributed by atoms with Crippen LogP contribution in [0.1, 0.15) is 25.7 Å². The highest BCUT2D eigenvalue weighted by Gasteiger charge is 2.45. The minimum absolute atomic E-state index is 0.0404. The summed E-state index contributed by atoms with van der Waals surface area (Å²) in [6.07, 6.45) is 5.78. The Hall–Kier alpha value is -4.40. The molecule has 4 aromatic rings. The van der Waals surface area contributed by atoms with Crippen molar-refractivity contribution in [1.82, 2.24) is 24.8 Å². The van der Waals surface area contributed by atoms with E-state index in [2.05, 4.69) is 26.3 Å². The Labute approximate surface area is 270 Å². The molecular weight excluding hydrogens is 612 g/mol. The summed E-state index contributed by atoms with van der Waals surface area (Å²) in [5.41, 5.74) is 0.591. The number of halogens is 3. The number of rotatable bonds is 7. The first-order chi connectivity index (χ1) is 22.3. The van der Waals surface area contributed by atoms with E-state index in [0.29, 0.717) is 33.8 Å². The average Bonchev–Trinajstić information content (AvgIpc) is 3.64. The molecule has 3 saturated heterocycles. The molecule has 2 aromatic heterocycles. The summed E-state index contributed by atoms with van der Waals surface area (Å²) in [7, 11) is 0. The molecule has 0 radical (unpaired) electrons. The van der Waals surface area contributed by atoms with Gasteiger partial charge in [0.2, 0.25) is 6.54 Å². The number of ether oxygens (including phenoxy) is 1. The van der Waals surface area contributed by atoms with Crippen LogP contribution in [0.25, 0.3) is 37.8 Å². The molecule has 1 amide bonds. The molecule has 0 bridgehead atoms. The van der Waals surface area contributed by atoms with Crippen molar-refractivity contribution in [2.24, 2.45) is 0 Å². The van der Waals surface area contributed by atoms with Gasteiger partial charge in [0.05, 0.1) is 10.9 Å². The van der Waals surface area contributed by atoms with Gasteiger partial charge in [-0.15, -0.1) is 0 Å². The Balaban J connectivity index is 1.33. The lowest BCUT2D eigenvalue weighted by atomic mass is 9.95. The van der Waals surface area contributed by atoms with Gasteiger partial charge >= 0.3 is 6.01 Å². The van der Waals surface area contributed by atoms with Crippen molar-refractivity contribution in [2.45, 2.75) is 37.3 Å². The van der Waals surface area contributed by atoms with Crippen LogP contribution < -0.4 is 9.64 Å². The molecule has 46 heavy (non-hydrogen) atoms. The maximum Gasteiger partial charge on any atom is 0.319 e. The number of carbonyl (C=O) groups excluding carboxylic acids is 1. The molecule has 0 saturated carbocycles. The predicted octanol–water partition coefficient (Wildman–Crippen LogP) is 6.06. The Morgan fingerprint density at radius 3 is 2.63 bits per heavy atom. The molecule has 0 unspecified atom stereocenters. The largest absolute Gasteiger partial charge is 0.461 e. The Morgan fingerprint density at radius 1 is 1.13 bits per heavy atom. The van der Waals surface area contributed by atoms with Gasteiger partial charge in [0.25, 0.3) is 5.91 Å². The lowest BCUT2D eigenvalue weighted by molar-refractivity contribution is -0.131. The SMILES string of the molecule is [C-]#[N+]C[C@H]1CN(c2nc(OCC34CCCN3CCC4)nc3c(F)c(-c4cccc5cccc(Cl)c45)ncc23)CCN1C(=O)C(=C)F. The zero-order valence-corrected chi connectivity index (χ0v) is 25.9. The number of carbonyl (C=O) groups is 1. The van der Waals surface area contributed by atoms with Crippen LogP contribution in [0, 0.1) is 12.4 Å². The van der Waals surface area contributed by atoms with Crippen LogP contribution in [0.15, 0.2) is 55.0 Å². The molecule has 9 nitrogen and oxygen atoms in total. The second-order valence-corrected chi connectivity index (χ2v) is 12.6. The third-order valence-corrected chi connectivity index (χ3v) is 9.93. The molecule has 0 N–H and O–H groups in total. The molecule has 0 aliphatic carbocycles. The first kappa shape index (κ1) is 30.3. The van der Waals surface area contributed by atoms with Crippen molar-refractivity contribution < 1.29 is 18.3 Å². The van der Waals surface area contributed by atoms with Gasteiger partial charge in [-0.1, -0.05) is 48.5 Å². The summed E-state index contributed by atoms with van der Waals surface area (Å²) in [5, 5.41) is 2.37. The Morgan fingerprint density at radius 2 is 1.89 bits per heavy atom. The minimum atomic E-state index is -1.08. The summed E-state index contributed by atoms with van der Waals surface area (Å²) < 4.78 is 36.9. The lowest BCUT2D eigenvalue weighted by Gasteiger charge is -2.39. The average molecular weight is 644 g/mol. The van der Waals surface area contributed by atoms with Crippen molar-refractivity contribution in [3.63, 3.8) is 0 Å². The zero-order chi connectivity index (χ0) is 32.0. The van der Waals surface area contributed by atoms with Crippen molar-refractivity contribution in [2.75, 3.05) is 50.8 Å². The smallest absolute Gasteiger partial charge is 0.319 e. The number of hydrogen-bond donors (Lipinski definition) is 0. The number of hydrogen-bond acceptors (Lipinski definition) is 7. The number of benzene rings is 2. The van der Waals surface area contributed by atoms with E-state index in [1.54, 1.807) is 18.3 Å². The van der Waals surface area contributed by atoms with E-state index in [1.165, 1.54) is 4.90 Å². The topological polar surface area (TPSA) is 79.1 Å². The number of pyridine rings is 1. The van der Waals surface area contributed by atoms with E-state index in [-0.39, 0.29) is 48.9 Å². The quantitative estimate of drug-likeness (QED) is 0.179. The normalized spacial score (nSPS) is 19.4. The van der Waals surface area contributed by atoms with E-state index in [1.807, 2.05) is 29.2 Å². The van der Waals surface area contributed by atoms with Gasteiger partial charge in [0.15, 0.2) is 11.6 Å². The standard InChI is InChI=1S/C34H32ClF2N7O2/c1-21(36)32(45)44-16-15-42(19-23(44)17-38-2)31-25-18-39-29(24-9-3-7-22-8-4-10-26(35)27(22)24)28(37)30(25)40-33(41-31)46-20-34-11-5-13-43(34)14-6-12-34/h3-4,7-10,18,23H,1,5-6,11-17,19-20H2/t23-/m0/s1. The van der Waals surface area contributed by atoms with Crippen LogP contribution in [0.2, 0.25) is 5.02 Å². The third-order valence-electron chi connectivity index (χ3n) is 9.61. The van der Waals surface area contributed by atoms with Crippen LogP contribution in [0.5, 0.6) is 6.01 Å². The third kappa shape index (κ3) is 5.19. The second kappa shape index (κ2) is 12.1. The number of piperazine rings is 1. The predicted molar refractivity (Wildman–Crippen MR) is 173 cm³/mol. The maximum absolute atomic E-state index is 16.7. The van der Waals surface area contributed by atoms with Crippen LogP contribution in [-0.4, -0.2) is 88.1 Å². The van der Waals surface area contributed by atoms with Gasteiger partial charge in [-0.2, -0.15) is 9.97 Å². The number of fused-ring (bicyclic) bond motifs is 3. The molecule has 3 fully saturated rings. The van der Waals surface area contributed by atoms with E-state index in [4.69, 9.17) is 27.9 Å². The number of aromatic nitrogens is 3. The van der Waals surface area contributed by atoms with Gasteiger partial charge < -0.3 is 19.4 Å². The fraction of sp³-hybridized carbons (Fsp3) is 0.382.